The summed E-state index contributed by atoms with van der Waals surface area (Å²) in [4.78, 5) is 45.1. The van der Waals surface area contributed by atoms with Crippen LogP contribution < -0.4 is 21.3 Å². The Morgan fingerprint density at radius 3 is 2.14 bits per heavy atom. The molecule has 0 saturated heterocycles. The monoisotopic (exact) mass is 314 g/mol. The fraction of sp³-hybridized carbons (Fsp3) is 0.714. The van der Waals surface area contributed by atoms with Gasteiger partial charge in [0, 0.05) is 13.5 Å². The van der Waals surface area contributed by atoms with Gasteiger partial charge in [-0.15, -0.1) is 0 Å². The van der Waals surface area contributed by atoms with Gasteiger partial charge < -0.3 is 21.3 Å². The van der Waals surface area contributed by atoms with E-state index in [0.29, 0.717) is 19.4 Å². The molecule has 0 unspecified atom stereocenters. The van der Waals surface area contributed by atoms with Crippen molar-refractivity contribution in [2.24, 2.45) is 0 Å². The van der Waals surface area contributed by atoms with Gasteiger partial charge in [0.1, 0.15) is 0 Å². The molecule has 0 fully saturated rings. The quantitative estimate of drug-likeness (QED) is 0.354. The van der Waals surface area contributed by atoms with Gasteiger partial charge in [0.25, 0.3) is 0 Å². The number of amides is 3. The highest BCUT2D eigenvalue weighted by Gasteiger charge is 2.16. The Morgan fingerprint density at radius 2 is 1.59 bits per heavy atom. The second-order valence-corrected chi connectivity index (χ2v) is 5.02. The zero-order valence-electron chi connectivity index (χ0n) is 13.5. The number of ketones is 1. The van der Waals surface area contributed by atoms with Gasteiger partial charge in [-0.25, -0.2) is 0 Å². The second-order valence-electron chi connectivity index (χ2n) is 5.02. The number of hydrogen-bond acceptors (Lipinski definition) is 5. The summed E-state index contributed by atoms with van der Waals surface area (Å²) in [5, 5.41) is 10.4. The van der Waals surface area contributed by atoms with Gasteiger partial charge in [0.2, 0.25) is 17.7 Å². The third-order valence-corrected chi connectivity index (χ3v) is 2.90. The van der Waals surface area contributed by atoms with Gasteiger partial charge in [0.15, 0.2) is 5.78 Å². The highest BCUT2D eigenvalue weighted by molar-refractivity contribution is 5.90. The van der Waals surface area contributed by atoms with Crippen LogP contribution >= 0.6 is 0 Å². The summed E-state index contributed by atoms with van der Waals surface area (Å²) < 4.78 is 0. The third kappa shape index (κ3) is 10.8. The Kier molecular flexibility index (Phi) is 10.6. The van der Waals surface area contributed by atoms with Crippen molar-refractivity contribution in [1.82, 2.24) is 21.3 Å². The number of carbonyl (C=O) groups is 4. The first-order valence-electron chi connectivity index (χ1n) is 7.32. The molecule has 0 bridgehead atoms. The van der Waals surface area contributed by atoms with Crippen molar-refractivity contribution >= 4 is 23.5 Å². The number of rotatable bonds is 11. The van der Waals surface area contributed by atoms with Crippen molar-refractivity contribution in [2.45, 2.75) is 39.2 Å². The lowest BCUT2D eigenvalue weighted by molar-refractivity contribution is -0.128. The van der Waals surface area contributed by atoms with Crippen LogP contribution in [0.15, 0.2) is 0 Å². The van der Waals surface area contributed by atoms with Gasteiger partial charge in [-0.3, -0.25) is 19.2 Å². The number of unbranched alkanes of at least 4 members (excludes halogenated alkanes) is 1. The van der Waals surface area contributed by atoms with E-state index in [9.17, 15) is 19.2 Å². The minimum Gasteiger partial charge on any atom is -0.356 e. The molecule has 126 valence electrons. The van der Waals surface area contributed by atoms with E-state index in [4.69, 9.17) is 0 Å². The minimum atomic E-state index is -0.564. The Labute approximate surface area is 130 Å². The largest absolute Gasteiger partial charge is 0.356 e. The standard InChI is InChI=1S/C14H26N4O4/c1-10(19)12(6-4-5-7-16-11(2)20)18-14(22)9-17-13(21)8-15-3/h12,15H,4-9H2,1-3H3,(H,16,20)(H,17,21)(H,18,22)/t12-/m0/s1. The lowest BCUT2D eigenvalue weighted by Crippen LogP contribution is -2.46. The van der Waals surface area contributed by atoms with Gasteiger partial charge in [-0.05, 0) is 33.2 Å². The number of Topliss-reactive ketones (excluding diaryl/α,β-unsaturated/α-hetero) is 1. The molecule has 0 radical (unpaired) electrons. The molecule has 0 saturated carbocycles. The molecule has 8 heteroatoms. The molecule has 0 aromatic carbocycles. The average molecular weight is 314 g/mol. The van der Waals surface area contributed by atoms with E-state index in [-0.39, 0.29) is 30.7 Å². The summed E-state index contributed by atoms with van der Waals surface area (Å²) in [6.45, 7) is 3.38. The number of likely N-dealkylation sites (N-methyl/N-ethyl adjacent to an activating group) is 1. The Hall–Kier alpha value is -1.96. The second kappa shape index (κ2) is 11.7. The van der Waals surface area contributed by atoms with Gasteiger partial charge in [-0.1, -0.05) is 0 Å². The van der Waals surface area contributed by atoms with Crippen molar-refractivity contribution in [2.75, 3.05) is 26.7 Å². The normalized spacial score (nSPS) is 11.4. The highest BCUT2D eigenvalue weighted by Crippen LogP contribution is 2.02. The predicted molar refractivity (Wildman–Crippen MR) is 82.1 cm³/mol. The van der Waals surface area contributed by atoms with Crippen LogP contribution in [0.4, 0.5) is 0 Å². The van der Waals surface area contributed by atoms with E-state index in [1.807, 2.05) is 0 Å². The predicted octanol–water partition coefficient (Wildman–Crippen LogP) is -1.30. The molecule has 1 atom stereocenters. The Bertz CT molecular complexity index is 398. The molecular weight excluding hydrogens is 288 g/mol. The van der Waals surface area contributed by atoms with Crippen molar-refractivity contribution in [1.29, 1.82) is 0 Å². The van der Waals surface area contributed by atoms with Crippen LogP contribution in [0.2, 0.25) is 0 Å². The molecule has 0 aromatic rings. The Morgan fingerprint density at radius 1 is 0.909 bits per heavy atom. The first-order valence-corrected chi connectivity index (χ1v) is 7.32. The van der Waals surface area contributed by atoms with Crippen molar-refractivity contribution < 1.29 is 19.2 Å². The summed E-state index contributed by atoms with van der Waals surface area (Å²) in [6, 6.07) is -0.564. The summed E-state index contributed by atoms with van der Waals surface area (Å²) in [7, 11) is 1.63. The maximum absolute atomic E-state index is 11.7. The van der Waals surface area contributed by atoms with Crippen LogP contribution in [0, 0.1) is 0 Å². The SMILES string of the molecule is CNCC(=O)NCC(=O)N[C@@H](CCCCNC(C)=O)C(C)=O. The number of carbonyl (C=O) groups excluding carboxylic acids is 4. The van der Waals surface area contributed by atoms with E-state index in [1.165, 1.54) is 13.8 Å². The topological polar surface area (TPSA) is 116 Å². The lowest BCUT2D eigenvalue weighted by atomic mass is 10.1. The molecule has 0 aliphatic heterocycles. The first kappa shape index (κ1) is 20.0. The highest BCUT2D eigenvalue weighted by atomic mass is 16.2. The smallest absolute Gasteiger partial charge is 0.239 e. The minimum absolute atomic E-state index is 0.0891. The molecule has 0 heterocycles. The molecular formula is C14H26N4O4. The average Bonchev–Trinajstić information content (AvgIpc) is 2.43. The molecule has 22 heavy (non-hydrogen) atoms. The van der Waals surface area contributed by atoms with Crippen LogP contribution in [0.5, 0.6) is 0 Å². The Balaban J connectivity index is 4.02. The van der Waals surface area contributed by atoms with Crippen molar-refractivity contribution in [3.05, 3.63) is 0 Å². The summed E-state index contributed by atoms with van der Waals surface area (Å²) in [5.41, 5.74) is 0. The molecule has 0 aromatic heterocycles. The summed E-state index contributed by atoms with van der Waals surface area (Å²) >= 11 is 0. The maximum atomic E-state index is 11.7. The van der Waals surface area contributed by atoms with Gasteiger partial charge in [-0.2, -0.15) is 0 Å². The van der Waals surface area contributed by atoms with Crippen LogP contribution in [-0.4, -0.2) is 56.2 Å². The number of nitrogens with one attached hydrogen (secondary N) is 4. The zero-order valence-corrected chi connectivity index (χ0v) is 13.5. The van der Waals surface area contributed by atoms with E-state index >= 15 is 0 Å². The molecule has 3 amide bonds. The zero-order chi connectivity index (χ0) is 17.0. The first-order chi connectivity index (χ1) is 10.4. The van der Waals surface area contributed by atoms with Crippen LogP contribution in [0.3, 0.4) is 0 Å². The maximum Gasteiger partial charge on any atom is 0.239 e. The van der Waals surface area contributed by atoms with E-state index in [2.05, 4.69) is 21.3 Å². The van der Waals surface area contributed by atoms with E-state index in [0.717, 1.165) is 6.42 Å². The number of hydrogen-bond donors (Lipinski definition) is 4. The third-order valence-electron chi connectivity index (χ3n) is 2.90. The molecule has 0 aliphatic rings. The molecule has 0 spiro atoms. The van der Waals surface area contributed by atoms with Crippen molar-refractivity contribution in [3.8, 4) is 0 Å². The summed E-state index contributed by atoms with van der Waals surface area (Å²) in [5.74, 6) is -0.901. The lowest BCUT2D eigenvalue weighted by Gasteiger charge is -2.16. The molecule has 0 aliphatic carbocycles. The van der Waals surface area contributed by atoms with Crippen molar-refractivity contribution in [3.63, 3.8) is 0 Å². The van der Waals surface area contributed by atoms with E-state index < -0.39 is 11.9 Å². The van der Waals surface area contributed by atoms with Crippen LogP contribution in [0.1, 0.15) is 33.1 Å². The molecule has 4 N–H and O–H groups in total. The molecule has 8 nitrogen and oxygen atoms in total. The molecule has 0 rings (SSSR count). The van der Waals surface area contributed by atoms with Gasteiger partial charge >= 0.3 is 0 Å². The fourth-order valence-electron chi connectivity index (χ4n) is 1.76. The van der Waals surface area contributed by atoms with Crippen LogP contribution in [0.25, 0.3) is 0 Å². The van der Waals surface area contributed by atoms with E-state index in [1.54, 1.807) is 7.05 Å². The van der Waals surface area contributed by atoms with Gasteiger partial charge in [0.05, 0.1) is 19.1 Å². The summed E-state index contributed by atoms with van der Waals surface area (Å²) in [6.07, 6.45) is 1.94. The van der Waals surface area contributed by atoms with Crippen LogP contribution in [-0.2, 0) is 19.2 Å². The fourth-order valence-corrected chi connectivity index (χ4v) is 1.76.